The van der Waals surface area contributed by atoms with E-state index in [0.717, 1.165) is 11.3 Å². The van der Waals surface area contributed by atoms with Crippen molar-refractivity contribution in [2.24, 2.45) is 0 Å². The van der Waals surface area contributed by atoms with Crippen molar-refractivity contribution in [1.82, 2.24) is 10.3 Å². The third kappa shape index (κ3) is 1.61. The first kappa shape index (κ1) is 8.04. The van der Waals surface area contributed by atoms with E-state index in [0.29, 0.717) is 6.61 Å². The van der Waals surface area contributed by atoms with Gasteiger partial charge in [-0.2, -0.15) is 0 Å². The van der Waals surface area contributed by atoms with Gasteiger partial charge in [-0.05, 0) is 18.6 Å². The van der Waals surface area contributed by atoms with Crippen LogP contribution in [0.25, 0.3) is 0 Å². The molecule has 1 aromatic rings. The second kappa shape index (κ2) is 3.05. The minimum absolute atomic E-state index is 0.0897. The normalized spacial score (nSPS) is 21.0. The molecule has 1 amide bonds. The van der Waals surface area contributed by atoms with E-state index >= 15 is 0 Å². The molecule has 4 heteroatoms. The first-order chi connectivity index (χ1) is 6.25. The molecule has 1 atom stereocenters. The number of aryl methyl sites for hydroxylation is 1. The van der Waals surface area contributed by atoms with E-state index in [4.69, 9.17) is 4.74 Å². The summed E-state index contributed by atoms with van der Waals surface area (Å²) in [5, 5.41) is 2.67. The van der Waals surface area contributed by atoms with Gasteiger partial charge in [0.1, 0.15) is 12.6 Å². The topological polar surface area (TPSA) is 51.2 Å². The summed E-state index contributed by atoms with van der Waals surface area (Å²) in [4.78, 5) is 14.9. The Morgan fingerprint density at radius 3 is 3.00 bits per heavy atom. The van der Waals surface area contributed by atoms with Crippen molar-refractivity contribution in [2.75, 3.05) is 6.61 Å². The van der Waals surface area contributed by atoms with Crippen molar-refractivity contribution >= 4 is 6.09 Å². The highest BCUT2D eigenvalue weighted by Crippen LogP contribution is 2.15. The van der Waals surface area contributed by atoms with Crippen LogP contribution in [-0.4, -0.2) is 17.7 Å². The molecule has 0 aliphatic carbocycles. The summed E-state index contributed by atoms with van der Waals surface area (Å²) in [6.45, 7) is 2.34. The lowest BCUT2D eigenvalue weighted by atomic mass is 10.2. The van der Waals surface area contributed by atoms with Gasteiger partial charge in [0.05, 0.1) is 5.69 Å². The van der Waals surface area contributed by atoms with E-state index in [9.17, 15) is 4.79 Å². The Labute approximate surface area is 75.9 Å². The zero-order valence-electron chi connectivity index (χ0n) is 7.28. The van der Waals surface area contributed by atoms with Gasteiger partial charge in [-0.25, -0.2) is 4.79 Å². The van der Waals surface area contributed by atoms with Crippen LogP contribution in [-0.2, 0) is 4.74 Å². The van der Waals surface area contributed by atoms with Crippen LogP contribution in [0, 0.1) is 6.92 Å². The molecule has 13 heavy (non-hydrogen) atoms. The van der Waals surface area contributed by atoms with Crippen LogP contribution in [0.15, 0.2) is 18.3 Å². The molecule has 1 unspecified atom stereocenters. The summed E-state index contributed by atoms with van der Waals surface area (Å²) in [5.74, 6) is 0. The smallest absolute Gasteiger partial charge is 0.407 e. The summed E-state index contributed by atoms with van der Waals surface area (Å²) in [7, 11) is 0. The number of ether oxygens (including phenoxy) is 1. The summed E-state index contributed by atoms with van der Waals surface area (Å²) in [5.41, 5.74) is 1.95. The summed E-state index contributed by atoms with van der Waals surface area (Å²) >= 11 is 0. The standard InChI is InChI=1S/C9H10N2O2/c1-6-2-3-7(10-4-6)8-5-13-9(12)11-8/h2-4,8H,5H2,1H3,(H,11,12). The molecule has 2 heterocycles. The van der Waals surface area contributed by atoms with Gasteiger partial charge >= 0.3 is 6.09 Å². The zero-order valence-corrected chi connectivity index (χ0v) is 7.28. The molecular formula is C9H10N2O2. The number of rotatable bonds is 1. The Kier molecular flexibility index (Phi) is 1.88. The van der Waals surface area contributed by atoms with E-state index in [2.05, 4.69) is 10.3 Å². The quantitative estimate of drug-likeness (QED) is 0.702. The van der Waals surface area contributed by atoms with Crippen LogP contribution in [0.5, 0.6) is 0 Å². The molecule has 1 aliphatic heterocycles. The molecule has 0 bridgehead atoms. The largest absolute Gasteiger partial charge is 0.447 e. The monoisotopic (exact) mass is 178 g/mol. The van der Waals surface area contributed by atoms with Gasteiger partial charge in [0.15, 0.2) is 0 Å². The summed E-state index contributed by atoms with van der Waals surface area (Å²) < 4.78 is 4.76. The minimum Gasteiger partial charge on any atom is -0.447 e. The fraction of sp³-hybridized carbons (Fsp3) is 0.333. The van der Waals surface area contributed by atoms with E-state index < -0.39 is 0 Å². The van der Waals surface area contributed by atoms with Gasteiger partial charge in [0.2, 0.25) is 0 Å². The highest BCUT2D eigenvalue weighted by Gasteiger charge is 2.24. The van der Waals surface area contributed by atoms with Crippen molar-refractivity contribution in [2.45, 2.75) is 13.0 Å². The lowest BCUT2D eigenvalue weighted by molar-refractivity contribution is 0.177. The van der Waals surface area contributed by atoms with Crippen LogP contribution < -0.4 is 5.32 Å². The first-order valence-electron chi connectivity index (χ1n) is 4.11. The highest BCUT2D eigenvalue weighted by atomic mass is 16.6. The number of aromatic nitrogens is 1. The maximum Gasteiger partial charge on any atom is 0.407 e. The third-order valence-electron chi connectivity index (χ3n) is 1.96. The molecule has 0 saturated carbocycles. The van der Waals surface area contributed by atoms with E-state index in [1.165, 1.54) is 0 Å². The van der Waals surface area contributed by atoms with Crippen LogP contribution in [0.1, 0.15) is 17.3 Å². The molecule has 1 fully saturated rings. The predicted molar refractivity (Wildman–Crippen MR) is 46.2 cm³/mol. The van der Waals surface area contributed by atoms with Crippen LogP contribution in [0.3, 0.4) is 0 Å². The number of hydrogen-bond acceptors (Lipinski definition) is 3. The SMILES string of the molecule is Cc1ccc(C2COC(=O)N2)nc1. The number of amides is 1. The Morgan fingerprint density at radius 1 is 1.62 bits per heavy atom. The molecule has 1 saturated heterocycles. The molecule has 0 aromatic carbocycles. The summed E-state index contributed by atoms with van der Waals surface area (Å²) in [6, 6.07) is 3.77. The van der Waals surface area contributed by atoms with Crippen LogP contribution in [0.2, 0.25) is 0 Å². The number of cyclic esters (lactones) is 1. The lowest BCUT2D eigenvalue weighted by Crippen LogP contribution is -2.19. The predicted octanol–water partition coefficient (Wildman–Crippen LogP) is 1.17. The minimum atomic E-state index is -0.368. The number of alkyl carbamates (subject to hydrolysis) is 1. The molecule has 1 aromatic heterocycles. The third-order valence-corrected chi connectivity index (χ3v) is 1.96. The lowest BCUT2D eigenvalue weighted by Gasteiger charge is -2.05. The fourth-order valence-electron chi connectivity index (χ4n) is 1.23. The average Bonchev–Trinajstić information content (AvgIpc) is 2.53. The molecule has 4 nitrogen and oxygen atoms in total. The molecule has 0 radical (unpaired) electrons. The number of carbonyl (C=O) groups is 1. The molecule has 68 valence electrons. The van der Waals surface area contributed by atoms with E-state index in [1.807, 2.05) is 19.1 Å². The van der Waals surface area contributed by atoms with Crippen LogP contribution in [0.4, 0.5) is 4.79 Å². The maximum absolute atomic E-state index is 10.7. The Balaban J connectivity index is 2.17. The number of pyridine rings is 1. The van der Waals surface area contributed by atoms with Crippen molar-refractivity contribution < 1.29 is 9.53 Å². The summed E-state index contributed by atoms with van der Waals surface area (Å²) in [6.07, 6.45) is 1.41. The number of carbonyl (C=O) groups excluding carboxylic acids is 1. The van der Waals surface area contributed by atoms with E-state index in [-0.39, 0.29) is 12.1 Å². The molecule has 0 spiro atoms. The van der Waals surface area contributed by atoms with Gasteiger partial charge in [-0.1, -0.05) is 6.07 Å². The highest BCUT2D eigenvalue weighted by molar-refractivity contribution is 5.69. The number of nitrogens with one attached hydrogen (secondary N) is 1. The van der Waals surface area contributed by atoms with Crippen molar-refractivity contribution in [3.05, 3.63) is 29.6 Å². The van der Waals surface area contributed by atoms with E-state index in [1.54, 1.807) is 6.20 Å². The van der Waals surface area contributed by atoms with Gasteiger partial charge in [0.25, 0.3) is 0 Å². The van der Waals surface area contributed by atoms with Gasteiger partial charge in [-0.3, -0.25) is 4.98 Å². The average molecular weight is 178 g/mol. The number of nitrogens with zero attached hydrogens (tertiary/aromatic N) is 1. The van der Waals surface area contributed by atoms with Crippen molar-refractivity contribution in [3.63, 3.8) is 0 Å². The maximum atomic E-state index is 10.7. The Morgan fingerprint density at radius 2 is 2.46 bits per heavy atom. The van der Waals surface area contributed by atoms with Crippen LogP contribution >= 0.6 is 0 Å². The molecule has 1 N–H and O–H groups in total. The number of hydrogen-bond donors (Lipinski definition) is 1. The molecule has 2 rings (SSSR count). The second-order valence-corrected chi connectivity index (χ2v) is 3.06. The fourth-order valence-corrected chi connectivity index (χ4v) is 1.23. The Hall–Kier alpha value is -1.58. The van der Waals surface area contributed by atoms with Gasteiger partial charge in [-0.15, -0.1) is 0 Å². The second-order valence-electron chi connectivity index (χ2n) is 3.06. The van der Waals surface area contributed by atoms with Crippen molar-refractivity contribution in [1.29, 1.82) is 0 Å². The zero-order chi connectivity index (χ0) is 9.26. The van der Waals surface area contributed by atoms with Gasteiger partial charge < -0.3 is 10.1 Å². The molecular weight excluding hydrogens is 168 g/mol. The van der Waals surface area contributed by atoms with Crippen molar-refractivity contribution in [3.8, 4) is 0 Å². The molecule has 1 aliphatic rings. The first-order valence-corrected chi connectivity index (χ1v) is 4.11. The Bertz CT molecular complexity index is 321. The van der Waals surface area contributed by atoms with Gasteiger partial charge in [0, 0.05) is 6.20 Å².